The minimum absolute atomic E-state index is 0.0675. The Morgan fingerprint density at radius 3 is 2.61 bits per heavy atom. The lowest BCUT2D eigenvalue weighted by Crippen LogP contribution is -2.30. The summed E-state index contributed by atoms with van der Waals surface area (Å²) in [6.45, 7) is 0.566. The van der Waals surface area contributed by atoms with Crippen LogP contribution in [-0.4, -0.2) is 34.2 Å². The lowest BCUT2D eigenvalue weighted by molar-refractivity contribution is 0.0981. The molecule has 0 radical (unpaired) electrons. The van der Waals surface area contributed by atoms with Crippen molar-refractivity contribution in [1.29, 1.82) is 0 Å². The van der Waals surface area contributed by atoms with E-state index >= 15 is 0 Å². The topological polar surface area (TPSA) is 91.7 Å². The first kappa shape index (κ1) is 17.8. The summed E-state index contributed by atoms with van der Waals surface area (Å²) in [7, 11) is -3.76. The van der Waals surface area contributed by atoms with E-state index in [4.69, 9.17) is 4.52 Å². The standard InChI is InChI=1S/C16H21N2O4P/c19-16(11-17-10-15-8-4-5-9-18-15)12-22-23(20,21)13-14-6-2-1-3-7-14/h1-9,16-17,19H,10-13H2,(H,20,21)/t16-/m0/s1. The maximum Gasteiger partial charge on any atom is 0.332 e. The Balaban J connectivity index is 1.68. The van der Waals surface area contributed by atoms with Crippen LogP contribution in [0.3, 0.4) is 0 Å². The molecule has 0 saturated carbocycles. The highest BCUT2D eigenvalue weighted by molar-refractivity contribution is 7.51. The largest absolute Gasteiger partial charge is 0.389 e. The molecule has 0 fully saturated rings. The number of aliphatic hydroxyl groups excluding tert-OH is 1. The van der Waals surface area contributed by atoms with Crippen LogP contribution in [0.5, 0.6) is 0 Å². The number of aromatic nitrogens is 1. The lowest BCUT2D eigenvalue weighted by Gasteiger charge is -2.16. The summed E-state index contributed by atoms with van der Waals surface area (Å²) in [6.07, 6.45) is 0.763. The number of nitrogens with zero attached hydrogens (tertiary/aromatic N) is 1. The summed E-state index contributed by atoms with van der Waals surface area (Å²) < 4.78 is 17.0. The van der Waals surface area contributed by atoms with Gasteiger partial charge in [-0.15, -0.1) is 0 Å². The fourth-order valence-electron chi connectivity index (χ4n) is 1.99. The number of aliphatic hydroxyl groups is 1. The van der Waals surface area contributed by atoms with E-state index in [9.17, 15) is 14.6 Å². The summed E-state index contributed by atoms with van der Waals surface area (Å²) in [5.74, 6) is 0. The molecule has 6 nitrogen and oxygen atoms in total. The molecular weight excluding hydrogens is 315 g/mol. The molecule has 0 saturated heterocycles. The van der Waals surface area contributed by atoms with Crippen molar-refractivity contribution >= 4 is 7.60 Å². The lowest BCUT2D eigenvalue weighted by atomic mass is 10.2. The Hall–Kier alpha value is -1.56. The minimum Gasteiger partial charge on any atom is -0.389 e. The number of benzene rings is 1. The van der Waals surface area contributed by atoms with Gasteiger partial charge in [0.2, 0.25) is 0 Å². The van der Waals surface area contributed by atoms with Crippen molar-refractivity contribution in [1.82, 2.24) is 10.3 Å². The summed E-state index contributed by atoms with van der Waals surface area (Å²) >= 11 is 0. The number of pyridine rings is 1. The highest BCUT2D eigenvalue weighted by Crippen LogP contribution is 2.45. The van der Waals surface area contributed by atoms with Gasteiger partial charge in [0.05, 0.1) is 24.6 Å². The molecule has 0 bridgehead atoms. The van der Waals surface area contributed by atoms with Crippen LogP contribution in [-0.2, 0) is 21.8 Å². The Morgan fingerprint density at radius 1 is 1.17 bits per heavy atom. The summed E-state index contributed by atoms with van der Waals surface area (Å²) in [5.41, 5.74) is 1.58. The molecule has 0 aliphatic rings. The van der Waals surface area contributed by atoms with Crippen LogP contribution in [0.25, 0.3) is 0 Å². The molecule has 2 atom stereocenters. The molecule has 0 aliphatic carbocycles. The van der Waals surface area contributed by atoms with Crippen LogP contribution in [0.1, 0.15) is 11.3 Å². The zero-order chi connectivity index (χ0) is 16.5. The maximum atomic E-state index is 12.0. The molecular formula is C16H21N2O4P. The second-order valence-corrected chi connectivity index (χ2v) is 7.03. The first-order valence-electron chi connectivity index (χ1n) is 7.34. The van der Waals surface area contributed by atoms with Crippen molar-refractivity contribution in [2.75, 3.05) is 13.2 Å². The van der Waals surface area contributed by atoms with E-state index in [1.807, 2.05) is 24.3 Å². The van der Waals surface area contributed by atoms with Crippen molar-refractivity contribution in [3.63, 3.8) is 0 Å². The molecule has 0 amide bonds. The highest BCUT2D eigenvalue weighted by atomic mass is 31.2. The van der Waals surface area contributed by atoms with Gasteiger partial charge in [-0.3, -0.25) is 9.55 Å². The quantitative estimate of drug-likeness (QED) is 0.606. The first-order valence-corrected chi connectivity index (χ1v) is 9.10. The van der Waals surface area contributed by atoms with Crippen molar-refractivity contribution in [2.24, 2.45) is 0 Å². The van der Waals surface area contributed by atoms with Crippen LogP contribution in [0.2, 0.25) is 0 Å². The zero-order valence-electron chi connectivity index (χ0n) is 12.7. The first-order chi connectivity index (χ1) is 11.1. The normalized spacial score (nSPS) is 15.0. The third kappa shape index (κ3) is 7.03. The Kier molecular flexibility index (Phi) is 6.89. The highest BCUT2D eigenvalue weighted by Gasteiger charge is 2.21. The van der Waals surface area contributed by atoms with Gasteiger partial charge in [0, 0.05) is 19.3 Å². The van der Waals surface area contributed by atoms with Gasteiger partial charge in [0.15, 0.2) is 0 Å². The molecule has 1 unspecified atom stereocenters. The molecule has 23 heavy (non-hydrogen) atoms. The van der Waals surface area contributed by atoms with Crippen LogP contribution in [0.15, 0.2) is 54.7 Å². The summed E-state index contributed by atoms with van der Waals surface area (Å²) in [5, 5.41) is 12.8. The van der Waals surface area contributed by atoms with Gasteiger partial charge in [-0.1, -0.05) is 36.4 Å². The number of hydrogen-bond donors (Lipinski definition) is 3. The third-order valence-corrected chi connectivity index (χ3v) is 4.42. The molecule has 3 N–H and O–H groups in total. The number of hydrogen-bond acceptors (Lipinski definition) is 5. The smallest absolute Gasteiger partial charge is 0.332 e. The second kappa shape index (κ2) is 8.91. The summed E-state index contributed by atoms with van der Waals surface area (Å²) in [6, 6.07) is 14.5. The van der Waals surface area contributed by atoms with Crippen LogP contribution >= 0.6 is 7.60 Å². The molecule has 0 spiro atoms. The van der Waals surface area contributed by atoms with E-state index in [2.05, 4.69) is 10.3 Å². The number of nitrogens with one attached hydrogen (secondary N) is 1. The SMILES string of the molecule is O=P(O)(Cc1ccccc1)OC[C@@H](O)CNCc1ccccn1. The Bertz CT molecular complexity index is 624. The molecule has 124 valence electrons. The van der Waals surface area contributed by atoms with Crippen LogP contribution < -0.4 is 5.32 Å². The molecule has 2 aromatic rings. The van der Waals surface area contributed by atoms with Gasteiger partial charge in [-0.25, -0.2) is 0 Å². The van der Waals surface area contributed by atoms with Gasteiger partial charge in [-0.2, -0.15) is 0 Å². The number of rotatable bonds is 9. The Morgan fingerprint density at radius 2 is 1.91 bits per heavy atom. The molecule has 2 rings (SSSR count). The van der Waals surface area contributed by atoms with E-state index in [1.165, 1.54) is 0 Å². The van der Waals surface area contributed by atoms with E-state index < -0.39 is 13.7 Å². The predicted molar refractivity (Wildman–Crippen MR) is 87.9 cm³/mol. The van der Waals surface area contributed by atoms with Gasteiger partial charge in [0.25, 0.3) is 0 Å². The van der Waals surface area contributed by atoms with Crippen LogP contribution in [0, 0.1) is 0 Å². The van der Waals surface area contributed by atoms with E-state index in [1.54, 1.807) is 30.5 Å². The predicted octanol–water partition coefficient (Wildman–Crippen LogP) is 1.93. The molecule has 1 heterocycles. The van der Waals surface area contributed by atoms with Crippen molar-refractivity contribution in [3.8, 4) is 0 Å². The fraction of sp³-hybridized carbons (Fsp3) is 0.312. The minimum atomic E-state index is -3.76. The zero-order valence-corrected chi connectivity index (χ0v) is 13.6. The van der Waals surface area contributed by atoms with E-state index in [0.717, 1.165) is 11.3 Å². The second-order valence-electron chi connectivity index (χ2n) is 5.18. The average molecular weight is 336 g/mol. The maximum absolute atomic E-state index is 12.0. The molecule has 0 aliphatic heterocycles. The Labute approximate surface area is 135 Å². The monoisotopic (exact) mass is 336 g/mol. The van der Waals surface area contributed by atoms with E-state index in [0.29, 0.717) is 6.54 Å². The van der Waals surface area contributed by atoms with E-state index in [-0.39, 0.29) is 19.3 Å². The third-order valence-electron chi connectivity index (χ3n) is 3.11. The van der Waals surface area contributed by atoms with Gasteiger partial charge < -0.3 is 19.8 Å². The van der Waals surface area contributed by atoms with Crippen molar-refractivity contribution in [2.45, 2.75) is 18.8 Å². The van der Waals surface area contributed by atoms with Crippen LogP contribution in [0.4, 0.5) is 0 Å². The molecule has 7 heteroatoms. The van der Waals surface area contributed by atoms with Crippen molar-refractivity contribution < 1.29 is 19.1 Å². The van der Waals surface area contributed by atoms with Gasteiger partial charge in [-0.05, 0) is 17.7 Å². The van der Waals surface area contributed by atoms with Crippen molar-refractivity contribution in [3.05, 3.63) is 66.0 Å². The summed E-state index contributed by atoms with van der Waals surface area (Å²) in [4.78, 5) is 14.0. The average Bonchev–Trinajstić information content (AvgIpc) is 2.55. The van der Waals surface area contributed by atoms with Gasteiger partial charge in [0.1, 0.15) is 0 Å². The fourth-order valence-corrected chi connectivity index (χ4v) is 3.16. The molecule has 1 aromatic carbocycles. The molecule has 1 aromatic heterocycles. The van der Waals surface area contributed by atoms with Gasteiger partial charge >= 0.3 is 7.60 Å².